The minimum absolute atomic E-state index is 0.140. The summed E-state index contributed by atoms with van der Waals surface area (Å²) in [6.07, 6.45) is 5.03. The van der Waals surface area contributed by atoms with E-state index >= 15 is 0 Å². The molecule has 0 spiro atoms. The second-order valence-corrected chi connectivity index (χ2v) is 9.54. The summed E-state index contributed by atoms with van der Waals surface area (Å²) in [5.41, 5.74) is 0.932. The Hall–Kier alpha value is -2.56. The SMILES string of the molecule is O=C1CN(S(=O)(=O)c2cc3cccnc3s2)CCN1CCNc1ccncc1. The molecule has 1 N–H and O–H groups in total. The molecule has 146 valence electrons. The van der Waals surface area contributed by atoms with Gasteiger partial charge in [0.2, 0.25) is 5.91 Å². The highest BCUT2D eigenvalue weighted by Gasteiger charge is 2.33. The van der Waals surface area contributed by atoms with Gasteiger partial charge in [0.25, 0.3) is 10.0 Å². The van der Waals surface area contributed by atoms with Crippen molar-refractivity contribution in [3.8, 4) is 0 Å². The Kier molecular flexibility index (Phi) is 5.25. The molecule has 0 unspecified atom stereocenters. The first-order valence-electron chi connectivity index (χ1n) is 8.80. The van der Waals surface area contributed by atoms with Gasteiger partial charge in [-0.15, -0.1) is 11.3 Å². The van der Waals surface area contributed by atoms with Gasteiger partial charge in [-0.25, -0.2) is 13.4 Å². The molecular formula is C18H19N5O3S2. The van der Waals surface area contributed by atoms with Crippen molar-refractivity contribution in [2.24, 2.45) is 0 Å². The zero-order valence-electron chi connectivity index (χ0n) is 15.0. The van der Waals surface area contributed by atoms with E-state index in [4.69, 9.17) is 0 Å². The fourth-order valence-corrected chi connectivity index (χ4v) is 5.88. The van der Waals surface area contributed by atoms with Gasteiger partial charge in [0.05, 0.1) is 6.54 Å². The van der Waals surface area contributed by atoms with Gasteiger partial charge < -0.3 is 10.2 Å². The normalized spacial score (nSPS) is 15.9. The second kappa shape index (κ2) is 7.82. The maximum absolute atomic E-state index is 12.9. The molecule has 0 saturated carbocycles. The second-order valence-electron chi connectivity index (χ2n) is 6.35. The number of amides is 1. The standard InChI is InChI=1S/C18H19N5O3S2/c24-16-13-23(11-10-22(16)9-8-20-15-3-6-19-7-4-15)28(25,26)17-12-14-2-1-5-21-18(14)27-17/h1-7,12H,8-11,13H2,(H,19,20). The van der Waals surface area contributed by atoms with Crippen LogP contribution in [0.2, 0.25) is 0 Å². The molecule has 0 aromatic carbocycles. The average molecular weight is 418 g/mol. The lowest BCUT2D eigenvalue weighted by Gasteiger charge is -2.33. The monoisotopic (exact) mass is 417 g/mol. The number of carbonyl (C=O) groups is 1. The molecular weight excluding hydrogens is 398 g/mol. The average Bonchev–Trinajstić information content (AvgIpc) is 3.15. The fourth-order valence-electron chi connectivity index (χ4n) is 3.04. The Bertz CT molecular complexity index is 1050. The van der Waals surface area contributed by atoms with Crippen molar-refractivity contribution in [2.75, 3.05) is 38.0 Å². The Balaban J connectivity index is 1.38. The van der Waals surface area contributed by atoms with E-state index in [0.717, 1.165) is 22.4 Å². The summed E-state index contributed by atoms with van der Waals surface area (Å²) in [5, 5.41) is 4.01. The fraction of sp³-hybridized carbons (Fsp3) is 0.278. The van der Waals surface area contributed by atoms with Gasteiger partial charge in [-0.2, -0.15) is 4.31 Å². The Morgan fingerprint density at radius 1 is 1.14 bits per heavy atom. The first kappa shape index (κ1) is 18.8. The van der Waals surface area contributed by atoms with E-state index in [1.54, 1.807) is 35.6 Å². The van der Waals surface area contributed by atoms with E-state index in [1.165, 1.54) is 4.31 Å². The molecule has 0 aliphatic carbocycles. The van der Waals surface area contributed by atoms with E-state index in [2.05, 4.69) is 15.3 Å². The number of rotatable bonds is 6. The molecule has 3 aromatic rings. The van der Waals surface area contributed by atoms with Gasteiger partial charge in [0.1, 0.15) is 9.04 Å². The van der Waals surface area contributed by atoms with Crippen molar-refractivity contribution < 1.29 is 13.2 Å². The highest BCUT2D eigenvalue weighted by atomic mass is 32.2. The third-order valence-electron chi connectivity index (χ3n) is 4.54. The van der Waals surface area contributed by atoms with Crippen molar-refractivity contribution in [3.63, 3.8) is 0 Å². The number of nitrogens with zero attached hydrogens (tertiary/aromatic N) is 4. The Morgan fingerprint density at radius 2 is 1.96 bits per heavy atom. The lowest BCUT2D eigenvalue weighted by molar-refractivity contribution is -0.133. The van der Waals surface area contributed by atoms with Crippen LogP contribution >= 0.6 is 11.3 Å². The number of pyridine rings is 2. The Labute approximate surface area is 166 Å². The maximum Gasteiger partial charge on any atom is 0.253 e. The molecule has 0 radical (unpaired) electrons. The summed E-state index contributed by atoms with van der Waals surface area (Å²) in [6, 6.07) is 8.93. The Morgan fingerprint density at radius 3 is 2.71 bits per heavy atom. The topological polar surface area (TPSA) is 95.5 Å². The van der Waals surface area contributed by atoms with Gasteiger partial charge in [-0.1, -0.05) is 6.07 Å². The number of carbonyl (C=O) groups excluding carboxylic acids is 1. The summed E-state index contributed by atoms with van der Waals surface area (Å²) in [4.78, 5) is 23.0. The molecule has 4 heterocycles. The van der Waals surface area contributed by atoms with Gasteiger partial charge in [0.15, 0.2) is 0 Å². The van der Waals surface area contributed by atoms with Gasteiger partial charge >= 0.3 is 0 Å². The van der Waals surface area contributed by atoms with Crippen LogP contribution in [0.4, 0.5) is 5.69 Å². The summed E-state index contributed by atoms with van der Waals surface area (Å²) in [5.74, 6) is -0.189. The van der Waals surface area contributed by atoms with Gasteiger partial charge in [-0.3, -0.25) is 9.78 Å². The van der Waals surface area contributed by atoms with E-state index in [-0.39, 0.29) is 23.2 Å². The summed E-state index contributed by atoms with van der Waals surface area (Å²) < 4.78 is 27.3. The smallest absolute Gasteiger partial charge is 0.253 e. The number of nitrogens with one attached hydrogen (secondary N) is 1. The molecule has 1 fully saturated rings. The van der Waals surface area contributed by atoms with Crippen LogP contribution in [0.15, 0.2) is 53.1 Å². The molecule has 8 nitrogen and oxygen atoms in total. The van der Waals surface area contributed by atoms with Gasteiger partial charge in [-0.05, 0) is 24.3 Å². The number of aromatic nitrogens is 2. The molecule has 4 rings (SSSR count). The number of sulfonamides is 1. The number of fused-ring (bicyclic) bond motifs is 1. The van der Waals surface area contributed by atoms with Crippen molar-refractivity contribution >= 4 is 43.2 Å². The third-order valence-corrected chi connectivity index (χ3v) is 7.89. The predicted octanol–water partition coefficient (Wildman–Crippen LogP) is 1.64. The number of piperazine rings is 1. The lowest BCUT2D eigenvalue weighted by atomic mass is 10.3. The molecule has 1 aliphatic rings. The van der Waals surface area contributed by atoms with Crippen LogP contribution in [0.3, 0.4) is 0 Å². The summed E-state index contributed by atoms with van der Waals surface area (Å²) >= 11 is 1.13. The number of hydrogen-bond donors (Lipinski definition) is 1. The molecule has 1 aliphatic heterocycles. The van der Waals surface area contributed by atoms with Crippen LogP contribution in [-0.2, 0) is 14.8 Å². The minimum atomic E-state index is -3.70. The van der Waals surface area contributed by atoms with Crippen molar-refractivity contribution in [3.05, 3.63) is 48.9 Å². The molecule has 0 bridgehead atoms. The van der Waals surface area contributed by atoms with Crippen molar-refractivity contribution in [2.45, 2.75) is 4.21 Å². The number of anilines is 1. The maximum atomic E-state index is 12.9. The van der Waals surface area contributed by atoms with Crippen LogP contribution in [0.5, 0.6) is 0 Å². The summed E-state index contributed by atoms with van der Waals surface area (Å²) in [7, 11) is -3.70. The molecule has 1 saturated heterocycles. The highest BCUT2D eigenvalue weighted by Crippen LogP contribution is 2.30. The van der Waals surface area contributed by atoms with Crippen LogP contribution in [0, 0.1) is 0 Å². The minimum Gasteiger partial charge on any atom is -0.383 e. The van der Waals surface area contributed by atoms with E-state index in [9.17, 15) is 13.2 Å². The zero-order valence-corrected chi connectivity index (χ0v) is 16.6. The first-order valence-corrected chi connectivity index (χ1v) is 11.1. The largest absolute Gasteiger partial charge is 0.383 e. The molecule has 1 amide bonds. The molecule has 28 heavy (non-hydrogen) atoms. The molecule has 0 atom stereocenters. The van der Waals surface area contributed by atoms with Crippen LogP contribution in [0.25, 0.3) is 10.2 Å². The number of hydrogen-bond acceptors (Lipinski definition) is 7. The van der Waals surface area contributed by atoms with Crippen molar-refractivity contribution in [1.82, 2.24) is 19.2 Å². The van der Waals surface area contributed by atoms with E-state index < -0.39 is 10.0 Å². The zero-order chi connectivity index (χ0) is 19.6. The predicted molar refractivity (Wildman–Crippen MR) is 108 cm³/mol. The highest BCUT2D eigenvalue weighted by molar-refractivity contribution is 7.91. The summed E-state index contributed by atoms with van der Waals surface area (Å²) in [6.45, 7) is 1.62. The third kappa shape index (κ3) is 3.84. The van der Waals surface area contributed by atoms with E-state index in [0.29, 0.717) is 24.5 Å². The van der Waals surface area contributed by atoms with E-state index in [1.807, 2.05) is 18.2 Å². The van der Waals surface area contributed by atoms with Crippen LogP contribution in [-0.4, -0.2) is 66.2 Å². The lowest BCUT2D eigenvalue weighted by Crippen LogP contribution is -2.52. The number of thiophene rings is 1. The van der Waals surface area contributed by atoms with Crippen molar-refractivity contribution in [1.29, 1.82) is 0 Å². The quantitative estimate of drug-likeness (QED) is 0.655. The van der Waals surface area contributed by atoms with Crippen LogP contribution in [0.1, 0.15) is 0 Å². The van der Waals surface area contributed by atoms with Gasteiger partial charge in [0, 0.05) is 55.8 Å². The van der Waals surface area contributed by atoms with Crippen LogP contribution < -0.4 is 5.32 Å². The molecule has 10 heteroatoms. The first-order chi connectivity index (χ1) is 13.5. The molecule has 3 aromatic heterocycles.